The first kappa shape index (κ1) is 12.7. The van der Waals surface area contributed by atoms with Crippen LogP contribution in [0.3, 0.4) is 0 Å². The minimum Gasteiger partial charge on any atom is -0.468 e. The highest BCUT2D eigenvalue weighted by Crippen LogP contribution is 2.31. The number of nitrogens with zero attached hydrogens (tertiary/aromatic N) is 1. The first-order valence-electron chi connectivity index (χ1n) is 5.41. The summed E-state index contributed by atoms with van der Waals surface area (Å²) in [5.74, 6) is -0.108. The molecule has 0 bridgehead atoms. The van der Waals surface area contributed by atoms with Gasteiger partial charge in [0.2, 0.25) is 0 Å². The van der Waals surface area contributed by atoms with E-state index in [1.54, 1.807) is 0 Å². The molecule has 1 aromatic carbocycles. The van der Waals surface area contributed by atoms with Gasteiger partial charge in [0.25, 0.3) is 0 Å². The molecule has 0 amide bonds. The molecule has 94 valence electrons. The molecule has 1 aromatic heterocycles. The molecule has 2 rings (SSSR count). The Morgan fingerprint density at radius 2 is 2.17 bits per heavy atom. The summed E-state index contributed by atoms with van der Waals surface area (Å²) in [4.78, 5) is 22.4. The Morgan fingerprint density at radius 1 is 1.44 bits per heavy atom. The lowest BCUT2D eigenvalue weighted by Crippen LogP contribution is -2.04. The van der Waals surface area contributed by atoms with Crippen molar-refractivity contribution in [2.75, 3.05) is 12.9 Å². The first-order valence-corrected chi connectivity index (χ1v) is 6.39. The second kappa shape index (κ2) is 5.27. The van der Waals surface area contributed by atoms with Gasteiger partial charge in [-0.25, -0.2) is 0 Å². The number of hydrogen-bond acceptors (Lipinski definition) is 4. The molecule has 4 nitrogen and oxygen atoms in total. The van der Waals surface area contributed by atoms with Gasteiger partial charge in [0.15, 0.2) is 6.29 Å². The van der Waals surface area contributed by atoms with E-state index in [2.05, 4.69) is 4.74 Å². The number of aryl methyl sites for hydroxylation is 1. The summed E-state index contributed by atoms with van der Waals surface area (Å²) in [5.41, 5.74) is 1.61. The number of para-hydroxylation sites is 1. The standard InChI is InChI=1S/C13H13NO3S/c1-14-11-6-4-3-5-9(11)10(7-15)13(14)18-8-12(16)17-2/h3-7H,8H2,1-2H3. The Bertz CT molecular complexity index is 604. The van der Waals surface area contributed by atoms with Crippen LogP contribution in [0.4, 0.5) is 0 Å². The van der Waals surface area contributed by atoms with Crippen LogP contribution in [0, 0.1) is 0 Å². The predicted molar refractivity (Wildman–Crippen MR) is 71.0 cm³/mol. The Morgan fingerprint density at radius 3 is 2.83 bits per heavy atom. The van der Waals surface area contributed by atoms with Crippen molar-refractivity contribution in [3.63, 3.8) is 0 Å². The third-order valence-corrected chi connectivity index (χ3v) is 3.91. The highest BCUT2D eigenvalue weighted by molar-refractivity contribution is 8.00. The van der Waals surface area contributed by atoms with E-state index in [1.165, 1.54) is 18.9 Å². The number of aldehydes is 1. The maximum Gasteiger partial charge on any atom is 0.316 e. The molecular weight excluding hydrogens is 250 g/mol. The van der Waals surface area contributed by atoms with Gasteiger partial charge in [-0.15, -0.1) is 0 Å². The van der Waals surface area contributed by atoms with Crippen LogP contribution >= 0.6 is 11.8 Å². The molecule has 0 atom stereocenters. The number of esters is 1. The Hall–Kier alpha value is -1.75. The van der Waals surface area contributed by atoms with Gasteiger partial charge in [0, 0.05) is 18.0 Å². The van der Waals surface area contributed by atoms with Crippen molar-refractivity contribution in [1.82, 2.24) is 4.57 Å². The molecule has 0 spiro atoms. The van der Waals surface area contributed by atoms with Crippen molar-refractivity contribution < 1.29 is 14.3 Å². The van der Waals surface area contributed by atoms with Gasteiger partial charge in [-0.2, -0.15) is 0 Å². The summed E-state index contributed by atoms with van der Waals surface area (Å²) in [6, 6.07) is 7.67. The van der Waals surface area contributed by atoms with Crippen molar-refractivity contribution in [2.45, 2.75) is 5.03 Å². The van der Waals surface area contributed by atoms with Gasteiger partial charge in [-0.3, -0.25) is 9.59 Å². The van der Waals surface area contributed by atoms with Crippen molar-refractivity contribution in [3.8, 4) is 0 Å². The zero-order chi connectivity index (χ0) is 13.1. The summed E-state index contributed by atoms with van der Waals surface area (Å²) in [5, 5.41) is 1.69. The summed E-state index contributed by atoms with van der Waals surface area (Å²) in [7, 11) is 3.24. The number of rotatable bonds is 4. The van der Waals surface area contributed by atoms with Crippen LogP contribution in [0.2, 0.25) is 0 Å². The lowest BCUT2D eigenvalue weighted by Gasteiger charge is -2.03. The molecule has 0 radical (unpaired) electrons. The van der Waals surface area contributed by atoms with E-state index in [9.17, 15) is 9.59 Å². The topological polar surface area (TPSA) is 48.3 Å². The fourth-order valence-electron chi connectivity index (χ4n) is 1.87. The number of fused-ring (bicyclic) bond motifs is 1. The Balaban J connectivity index is 2.45. The molecule has 0 fully saturated rings. The lowest BCUT2D eigenvalue weighted by molar-refractivity contribution is -0.137. The van der Waals surface area contributed by atoms with E-state index >= 15 is 0 Å². The lowest BCUT2D eigenvalue weighted by atomic mass is 10.2. The second-order valence-electron chi connectivity index (χ2n) is 3.78. The second-order valence-corrected chi connectivity index (χ2v) is 4.74. The number of aromatic nitrogens is 1. The highest BCUT2D eigenvalue weighted by atomic mass is 32.2. The molecule has 1 heterocycles. The quantitative estimate of drug-likeness (QED) is 0.482. The number of thioether (sulfide) groups is 1. The SMILES string of the molecule is COC(=O)CSc1c(C=O)c2ccccc2n1C. The van der Waals surface area contributed by atoms with E-state index in [0.717, 1.165) is 22.2 Å². The Labute approximate surface area is 109 Å². The number of methoxy groups -OCH3 is 1. The fraction of sp³-hybridized carbons (Fsp3) is 0.231. The average Bonchev–Trinajstić information content (AvgIpc) is 2.69. The van der Waals surface area contributed by atoms with E-state index in [-0.39, 0.29) is 11.7 Å². The van der Waals surface area contributed by atoms with E-state index in [1.807, 2.05) is 35.9 Å². The maximum absolute atomic E-state index is 11.2. The van der Waals surface area contributed by atoms with Gasteiger partial charge in [0.1, 0.15) is 0 Å². The molecule has 0 aliphatic heterocycles. The fourth-order valence-corrected chi connectivity index (χ4v) is 2.85. The minimum atomic E-state index is -0.304. The van der Waals surface area contributed by atoms with Crippen LogP contribution in [0.25, 0.3) is 10.9 Å². The largest absolute Gasteiger partial charge is 0.468 e. The van der Waals surface area contributed by atoms with Crippen LogP contribution in [-0.2, 0) is 16.6 Å². The van der Waals surface area contributed by atoms with Crippen molar-refractivity contribution in [1.29, 1.82) is 0 Å². The van der Waals surface area contributed by atoms with Crippen molar-refractivity contribution in [2.24, 2.45) is 7.05 Å². The van der Waals surface area contributed by atoms with Crippen LogP contribution < -0.4 is 0 Å². The van der Waals surface area contributed by atoms with Gasteiger partial charge in [-0.05, 0) is 6.07 Å². The van der Waals surface area contributed by atoms with E-state index in [4.69, 9.17) is 0 Å². The van der Waals surface area contributed by atoms with Gasteiger partial charge in [0.05, 0.1) is 23.5 Å². The van der Waals surface area contributed by atoms with Crippen LogP contribution in [0.5, 0.6) is 0 Å². The predicted octanol–water partition coefficient (Wildman–Crippen LogP) is 2.26. The number of benzene rings is 1. The molecule has 0 aliphatic rings. The molecule has 5 heteroatoms. The zero-order valence-corrected chi connectivity index (χ0v) is 11.0. The van der Waals surface area contributed by atoms with Crippen LogP contribution in [-0.4, -0.2) is 29.7 Å². The monoisotopic (exact) mass is 263 g/mol. The zero-order valence-electron chi connectivity index (χ0n) is 10.2. The molecule has 0 N–H and O–H groups in total. The van der Waals surface area contributed by atoms with Gasteiger partial charge >= 0.3 is 5.97 Å². The third kappa shape index (κ3) is 2.13. The van der Waals surface area contributed by atoms with Crippen LogP contribution in [0.15, 0.2) is 29.3 Å². The van der Waals surface area contributed by atoms with E-state index < -0.39 is 0 Å². The Kier molecular flexibility index (Phi) is 3.72. The van der Waals surface area contributed by atoms with Crippen molar-refractivity contribution >= 4 is 34.9 Å². The molecule has 0 unspecified atom stereocenters. The van der Waals surface area contributed by atoms with Gasteiger partial charge < -0.3 is 9.30 Å². The molecule has 0 aliphatic carbocycles. The van der Waals surface area contributed by atoms with Crippen LogP contribution in [0.1, 0.15) is 10.4 Å². The molecular formula is C13H13NO3S. The number of ether oxygens (including phenoxy) is 1. The third-order valence-electron chi connectivity index (χ3n) is 2.76. The number of carbonyl (C=O) groups is 2. The summed E-state index contributed by atoms with van der Waals surface area (Å²) in [6.45, 7) is 0. The maximum atomic E-state index is 11.2. The first-order chi connectivity index (χ1) is 8.69. The molecule has 18 heavy (non-hydrogen) atoms. The van der Waals surface area contributed by atoms with Crippen molar-refractivity contribution in [3.05, 3.63) is 29.8 Å². The normalized spacial score (nSPS) is 10.6. The number of hydrogen-bond donors (Lipinski definition) is 0. The average molecular weight is 263 g/mol. The minimum absolute atomic E-state index is 0.196. The summed E-state index contributed by atoms with van der Waals surface area (Å²) in [6.07, 6.45) is 0.835. The molecule has 0 saturated carbocycles. The smallest absolute Gasteiger partial charge is 0.316 e. The highest BCUT2D eigenvalue weighted by Gasteiger charge is 2.15. The number of carbonyl (C=O) groups excluding carboxylic acids is 2. The van der Waals surface area contributed by atoms with E-state index in [0.29, 0.717) is 5.56 Å². The summed E-state index contributed by atoms with van der Waals surface area (Å²) < 4.78 is 6.53. The molecule has 2 aromatic rings. The summed E-state index contributed by atoms with van der Waals surface area (Å²) >= 11 is 1.31. The van der Waals surface area contributed by atoms with Gasteiger partial charge in [-0.1, -0.05) is 30.0 Å². The molecule has 0 saturated heterocycles.